The molecule has 3 unspecified atom stereocenters. The smallest absolute Gasteiger partial charge is 0.410 e. The van der Waals surface area contributed by atoms with Crippen LogP contribution in [0.1, 0.15) is 36.8 Å². The van der Waals surface area contributed by atoms with E-state index in [4.69, 9.17) is 21.6 Å². The lowest BCUT2D eigenvalue weighted by molar-refractivity contribution is 0.0140. The zero-order chi connectivity index (χ0) is 18.7. The number of fused-ring (bicyclic) bond motifs is 2. The predicted molar refractivity (Wildman–Crippen MR) is 101 cm³/mol. The molecule has 5 nitrogen and oxygen atoms in total. The van der Waals surface area contributed by atoms with Gasteiger partial charge in [0.2, 0.25) is 0 Å². The highest BCUT2D eigenvalue weighted by Gasteiger charge is 2.37. The van der Waals surface area contributed by atoms with E-state index in [1.807, 2.05) is 43.0 Å². The highest BCUT2D eigenvalue weighted by Crippen LogP contribution is 2.31. The molecule has 26 heavy (non-hydrogen) atoms. The van der Waals surface area contributed by atoms with Crippen molar-refractivity contribution in [2.24, 2.45) is 11.8 Å². The number of alkyl halides is 1. The molecule has 2 fully saturated rings. The van der Waals surface area contributed by atoms with Crippen LogP contribution < -0.4 is 0 Å². The van der Waals surface area contributed by atoms with Crippen molar-refractivity contribution in [2.75, 3.05) is 32.7 Å². The second kappa shape index (κ2) is 8.28. The van der Waals surface area contributed by atoms with Gasteiger partial charge < -0.3 is 14.5 Å². The Morgan fingerprint density at radius 2 is 1.85 bits per heavy atom. The van der Waals surface area contributed by atoms with E-state index < -0.39 is 0 Å². The Labute approximate surface area is 160 Å². The number of hydrogen-bond acceptors (Lipinski definition) is 4. The van der Waals surface area contributed by atoms with Crippen molar-refractivity contribution in [3.05, 3.63) is 35.4 Å². The first-order chi connectivity index (χ1) is 12.4. The first kappa shape index (κ1) is 19.0. The van der Waals surface area contributed by atoms with E-state index >= 15 is 0 Å². The molecule has 0 N–H and O–H groups in total. The molecule has 0 radical (unpaired) electrons. The number of carbonyl (C=O) groups excluding carboxylic acids is 1. The Kier molecular flexibility index (Phi) is 6.05. The van der Waals surface area contributed by atoms with E-state index in [1.54, 1.807) is 0 Å². The normalized spacial score (nSPS) is 24.2. The fourth-order valence-electron chi connectivity index (χ4n) is 4.06. The van der Waals surface area contributed by atoms with Crippen LogP contribution in [0.5, 0.6) is 0 Å². The fourth-order valence-corrected chi connectivity index (χ4v) is 4.40. The molecule has 3 rings (SSSR count). The summed E-state index contributed by atoms with van der Waals surface area (Å²) in [6.45, 7) is 8.01. The van der Waals surface area contributed by atoms with Crippen molar-refractivity contribution in [1.29, 1.82) is 5.26 Å². The van der Waals surface area contributed by atoms with E-state index in [9.17, 15) is 4.79 Å². The zero-order valence-electron chi connectivity index (χ0n) is 15.4. The Hall–Kier alpha value is -1.77. The molecule has 2 aliphatic heterocycles. The van der Waals surface area contributed by atoms with Gasteiger partial charge in [-0.3, -0.25) is 0 Å². The van der Waals surface area contributed by atoms with Crippen LogP contribution in [-0.4, -0.2) is 54.7 Å². The minimum Gasteiger partial charge on any atom is -0.447 e. The molecule has 0 aliphatic carbocycles. The fraction of sp³-hybridized carbons (Fsp3) is 0.600. The number of nitriles is 1. The minimum atomic E-state index is -0.184. The third-order valence-corrected chi connectivity index (χ3v) is 5.46. The van der Waals surface area contributed by atoms with Gasteiger partial charge in [0.15, 0.2) is 0 Å². The Morgan fingerprint density at radius 3 is 2.38 bits per heavy atom. The van der Waals surface area contributed by atoms with Crippen molar-refractivity contribution in [2.45, 2.75) is 31.7 Å². The first-order valence-electron chi connectivity index (χ1n) is 9.26. The summed E-state index contributed by atoms with van der Waals surface area (Å²) >= 11 is 6.62. The van der Waals surface area contributed by atoms with Crippen LogP contribution in [0, 0.1) is 23.2 Å². The summed E-state index contributed by atoms with van der Waals surface area (Å²) in [5, 5.41) is 8.81. The van der Waals surface area contributed by atoms with Gasteiger partial charge >= 0.3 is 6.09 Å². The number of nitrogens with zero attached hydrogens (tertiary/aromatic N) is 3. The minimum absolute atomic E-state index is 0.0785. The number of benzene rings is 1. The van der Waals surface area contributed by atoms with Crippen molar-refractivity contribution in [3.63, 3.8) is 0 Å². The second-order valence-electron chi connectivity index (χ2n) is 7.73. The standard InChI is InChI=1S/C20H26ClN3O2/c1-14(2)26-20(25)24-11-16-7-17(12-24)10-23(9-16)13-19(21)18-5-3-15(8-22)4-6-18/h3-6,14,16-17,19H,7,9-13H2,1-2H3. The van der Waals surface area contributed by atoms with E-state index in [1.165, 1.54) is 6.42 Å². The number of ether oxygens (including phenoxy) is 1. The predicted octanol–water partition coefficient (Wildman–Crippen LogP) is 3.64. The Balaban J connectivity index is 1.55. The van der Waals surface area contributed by atoms with Crippen LogP contribution in [0.2, 0.25) is 0 Å². The van der Waals surface area contributed by atoms with Crippen LogP contribution in [0.3, 0.4) is 0 Å². The molecule has 1 aromatic carbocycles. The quantitative estimate of drug-likeness (QED) is 0.754. The molecule has 3 atom stereocenters. The largest absolute Gasteiger partial charge is 0.447 e. The van der Waals surface area contributed by atoms with Crippen molar-refractivity contribution in [1.82, 2.24) is 9.80 Å². The average molecular weight is 376 g/mol. The van der Waals surface area contributed by atoms with Gasteiger partial charge in [-0.2, -0.15) is 5.26 Å². The van der Waals surface area contributed by atoms with Gasteiger partial charge in [-0.15, -0.1) is 11.6 Å². The molecule has 140 valence electrons. The maximum absolute atomic E-state index is 12.2. The Morgan fingerprint density at radius 1 is 1.23 bits per heavy atom. The third-order valence-electron chi connectivity index (χ3n) is 5.07. The number of rotatable bonds is 4. The number of amides is 1. The van der Waals surface area contributed by atoms with E-state index in [-0.39, 0.29) is 17.6 Å². The lowest BCUT2D eigenvalue weighted by atomic mass is 9.84. The molecule has 2 aliphatic rings. The third kappa shape index (κ3) is 4.69. The number of halogens is 1. The summed E-state index contributed by atoms with van der Waals surface area (Å²) in [5.41, 5.74) is 1.70. The van der Waals surface area contributed by atoms with Crippen LogP contribution in [-0.2, 0) is 4.74 Å². The van der Waals surface area contributed by atoms with Crippen LogP contribution >= 0.6 is 11.6 Å². The highest BCUT2D eigenvalue weighted by atomic mass is 35.5. The van der Waals surface area contributed by atoms with Gasteiger partial charge in [0.1, 0.15) is 0 Å². The molecule has 0 saturated carbocycles. The maximum atomic E-state index is 12.2. The lowest BCUT2D eigenvalue weighted by Crippen LogP contribution is -2.54. The highest BCUT2D eigenvalue weighted by molar-refractivity contribution is 6.21. The first-order valence-corrected chi connectivity index (χ1v) is 9.70. The van der Waals surface area contributed by atoms with Crippen molar-refractivity contribution < 1.29 is 9.53 Å². The van der Waals surface area contributed by atoms with Crippen LogP contribution in [0.4, 0.5) is 4.79 Å². The molecule has 1 amide bonds. The van der Waals surface area contributed by atoms with Gasteiger partial charge in [0.05, 0.1) is 23.1 Å². The molecule has 2 heterocycles. The molecule has 6 heteroatoms. The zero-order valence-corrected chi connectivity index (χ0v) is 16.2. The number of piperidine rings is 2. The summed E-state index contributed by atoms with van der Waals surface area (Å²) in [7, 11) is 0. The monoisotopic (exact) mass is 375 g/mol. The van der Waals surface area contributed by atoms with Gasteiger partial charge in [-0.05, 0) is 49.8 Å². The molecule has 0 spiro atoms. The molecular weight excluding hydrogens is 350 g/mol. The second-order valence-corrected chi connectivity index (χ2v) is 8.25. The van der Waals surface area contributed by atoms with Crippen LogP contribution in [0.25, 0.3) is 0 Å². The van der Waals surface area contributed by atoms with Crippen molar-refractivity contribution >= 4 is 17.7 Å². The summed E-state index contributed by atoms with van der Waals surface area (Å²) in [6.07, 6.45) is 0.910. The summed E-state index contributed by atoms with van der Waals surface area (Å²) < 4.78 is 5.35. The van der Waals surface area contributed by atoms with E-state index in [0.717, 1.165) is 38.3 Å². The number of hydrogen-bond donors (Lipinski definition) is 0. The van der Waals surface area contributed by atoms with Crippen molar-refractivity contribution in [3.8, 4) is 6.07 Å². The van der Waals surface area contributed by atoms with E-state index in [2.05, 4.69) is 11.0 Å². The molecule has 0 aromatic heterocycles. The topological polar surface area (TPSA) is 56.6 Å². The van der Waals surface area contributed by atoms with Crippen LogP contribution in [0.15, 0.2) is 24.3 Å². The van der Waals surface area contributed by atoms with Gasteiger partial charge in [0.25, 0.3) is 0 Å². The summed E-state index contributed by atoms with van der Waals surface area (Å²) in [6, 6.07) is 9.63. The number of carbonyl (C=O) groups is 1. The molecule has 1 aromatic rings. The van der Waals surface area contributed by atoms with E-state index in [0.29, 0.717) is 17.4 Å². The van der Waals surface area contributed by atoms with Gasteiger partial charge in [-0.1, -0.05) is 12.1 Å². The molecular formula is C20H26ClN3O2. The van der Waals surface area contributed by atoms with Gasteiger partial charge in [-0.25, -0.2) is 4.79 Å². The maximum Gasteiger partial charge on any atom is 0.410 e. The Bertz CT molecular complexity index is 657. The molecule has 2 saturated heterocycles. The van der Waals surface area contributed by atoms with Gasteiger partial charge in [0, 0.05) is 32.7 Å². The summed E-state index contributed by atoms with van der Waals surface area (Å²) in [5.74, 6) is 0.957. The summed E-state index contributed by atoms with van der Waals surface area (Å²) in [4.78, 5) is 16.5. The number of likely N-dealkylation sites (tertiary alicyclic amines) is 2. The average Bonchev–Trinajstić information content (AvgIpc) is 2.60. The molecule has 2 bridgehead atoms. The SMILES string of the molecule is CC(C)OC(=O)N1CC2CC(CN(CC(Cl)c3ccc(C#N)cc3)C2)C1. The lowest BCUT2D eigenvalue weighted by Gasteiger charge is -2.45.